The first kappa shape index (κ1) is 7.21. The molecule has 0 spiro atoms. The van der Waals surface area contributed by atoms with Crippen LogP contribution in [0.5, 0.6) is 0 Å². The molecule has 8 heavy (non-hydrogen) atoms. The maximum Gasteiger partial charge on any atom is 0.0856 e. The van der Waals surface area contributed by atoms with Gasteiger partial charge in [0.05, 0.1) is 6.34 Å². The summed E-state index contributed by atoms with van der Waals surface area (Å²) < 4.78 is 0. The largest absolute Gasteiger partial charge is 0.340 e. The number of hydrogen-bond acceptors (Lipinski definition) is 1. The summed E-state index contributed by atoms with van der Waals surface area (Å²) in [5.74, 6) is 0. The third kappa shape index (κ3) is 2.39. The van der Waals surface area contributed by atoms with E-state index in [4.69, 9.17) is 5.41 Å². The van der Waals surface area contributed by atoms with Crippen LogP contribution in [0, 0.1) is 5.41 Å². The van der Waals surface area contributed by atoms with E-state index < -0.39 is 0 Å². The standard InChI is InChI=1S/C6H12N2/c1-3-5-8(4-2)6-7/h4,6-7H,2-3,5H2,1H3. The Morgan fingerprint density at radius 1 is 1.75 bits per heavy atom. The number of nitrogens with zero attached hydrogens (tertiary/aromatic N) is 1. The quantitative estimate of drug-likeness (QED) is 0.432. The van der Waals surface area contributed by atoms with Gasteiger partial charge in [-0.25, -0.2) is 0 Å². The molecule has 0 rings (SSSR count). The third-order valence-corrected chi connectivity index (χ3v) is 0.882. The molecule has 0 radical (unpaired) electrons. The smallest absolute Gasteiger partial charge is 0.0856 e. The van der Waals surface area contributed by atoms with Crippen LogP contribution in [-0.2, 0) is 0 Å². The topological polar surface area (TPSA) is 27.1 Å². The molecule has 0 aromatic heterocycles. The van der Waals surface area contributed by atoms with Crippen LogP contribution < -0.4 is 0 Å². The van der Waals surface area contributed by atoms with E-state index in [0.717, 1.165) is 13.0 Å². The number of rotatable bonds is 4. The second kappa shape index (κ2) is 4.37. The summed E-state index contributed by atoms with van der Waals surface area (Å²) in [6.07, 6.45) is 3.98. The van der Waals surface area contributed by atoms with Crippen molar-refractivity contribution >= 4 is 6.34 Å². The summed E-state index contributed by atoms with van der Waals surface area (Å²) in [5.41, 5.74) is 0. The molecule has 2 heteroatoms. The maximum absolute atomic E-state index is 6.79. The van der Waals surface area contributed by atoms with Gasteiger partial charge in [0, 0.05) is 6.54 Å². The molecule has 1 N–H and O–H groups in total. The molecular weight excluding hydrogens is 100 g/mol. The lowest BCUT2D eigenvalue weighted by molar-refractivity contribution is 0.562. The Hall–Kier alpha value is -0.790. The molecule has 0 aliphatic heterocycles. The Kier molecular flexibility index (Phi) is 3.94. The van der Waals surface area contributed by atoms with Crippen LogP contribution in [0.15, 0.2) is 12.8 Å². The number of hydrogen-bond donors (Lipinski definition) is 1. The molecule has 46 valence electrons. The Balaban J connectivity index is 3.35. The van der Waals surface area contributed by atoms with Crippen molar-refractivity contribution in [2.24, 2.45) is 0 Å². The highest BCUT2D eigenvalue weighted by Gasteiger charge is 1.85. The van der Waals surface area contributed by atoms with E-state index in [1.807, 2.05) is 0 Å². The molecule has 0 aromatic carbocycles. The summed E-state index contributed by atoms with van der Waals surface area (Å²) in [4.78, 5) is 1.74. The van der Waals surface area contributed by atoms with Gasteiger partial charge in [-0.15, -0.1) is 0 Å². The Morgan fingerprint density at radius 3 is 2.50 bits per heavy atom. The van der Waals surface area contributed by atoms with Gasteiger partial charge in [0.25, 0.3) is 0 Å². The summed E-state index contributed by atoms with van der Waals surface area (Å²) in [6, 6.07) is 0. The zero-order valence-electron chi connectivity index (χ0n) is 5.22. The van der Waals surface area contributed by atoms with Crippen molar-refractivity contribution in [3.8, 4) is 0 Å². The summed E-state index contributed by atoms with van der Waals surface area (Å²) >= 11 is 0. The van der Waals surface area contributed by atoms with Gasteiger partial charge in [-0.2, -0.15) is 0 Å². The van der Waals surface area contributed by atoms with Crippen LogP contribution in [0.25, 0.3) is 0 Å². The minimum atomic E-state index is 0.896. The monoisotopic (exact) mass is 112 g/mol. The second-order valence-electron chi connectivity index (χ2n) is 1.55. The SMILES string of the molecule is C=CN(C=N)CCC. The minimum absolute atomic E-state index is 0.896. The van der Waals surface area contributed by atoms with E-state index in [9.17, 15) is 0 Å². The van der Waals surface area contributed by atoms with Crippen molar-refractivity contribution < 1.29 is 0 Å². The zero-order valence-corrected chi connectivity index (χ0v) is 5.22. The van der Waals surface area contributed by atoms with Crippen molar-refractivity contribution in [1.82, 2.24) is 4.90 Å². The van der Waals surface area contributed by atoms with Gasteiger partial charge in [0.1, 0.15) is 0 Å². The molecule has 2 nitrogen and oxygen atoms in total. The van der Waals surface area contributed by atoms with Crippen LogP contribution >= 0.6 is 0 Å². The molecule has 0 unspecified atom stereocenters. The fourth-order valence-electron chi connectivity index (χ4n) is 0.467. The normalized spacial score (nSPS) is 8.12. The maximum atomic E-state index is 6.79. The predicted octanol–water partition coefficient (Wildman–Crippen LogP) is 1.45. The van der Waals surface area contributed by atoms with Gasteiger partial charge in [0.15, 0.2) is 0 Å². The molecule has 0 atom stereocenters. The van der Waals surface area contributed by atoms with Crippen LogP contribution in [0.1, 0.15) is 13.3 Å². The van der Waals surface area contributed by atoms with E-state index in [1.54, 1.807) is 11.1 Å². The summed E-state index contributed by atoms with van der Waals surface area (Å²) in [5, 5.41) is 6.79. The van der Waals surface area contributed by atoms with E-state index >= 15 is 0 Å². The third-order valence-electron chi connectivity index (χ3n) is 0.882. The number of nitrogens with one attached hydrogen (secondary N) is 1. The van der Waals surface area contributed by atoms with Crippen LogP contribution in [0.3, 0.4) is 0 Å². The molecule has 0 fully saturated rings. The van der Waals surface area contributed by atoms with Crippen LogP contribution in [-0.4, -0.2) is 17.8 Å². The summed E-state index contributed by atoms with van der Waals surface area (Å²) in [7, 11) is 0. The molecule has 0 saturated heterocycles. The molecule has 0 heterocycles. The molecule has 0 saturated carbocycles. The van der Waals surface area contributed by atoms with Gasteiger partial charge in [-0.3, -0.25) is 5.41 Å². The lowest BCUT2D eigenvalue weighted by Gasteiger charge is -2.09. The van der Waals surface area contributed by atoms with Gasteiger partial charge >= 0.3 is 0 Å². The van der Waals surface area contributed by atoms with Crippen molar-refractivity contribution in [3.63, 3.8) is 0 Å². The highest BCUT2D eigenvalue weighted by atomic mass is 15.1. The molecule has 0 aliphatic rings. The molecule has 0 aromatic rings. The van der Waals surface area contributed by atoms with Crippen LogP contribution in [0.4, 0.5) is 0 Å². The minimum Gasteiger partial charge on any atom is -0.340 e. The molecular formula is C6H12N2. The Bertz CT molecular complexity index is 70.6. The van der Waals surface area contributed by atoms with Crippen LogP contribution in [0.2, 0.25) is 0 Å². The van der Waals surface area contributed by atoms with Gasteiger partial charge < -0.3 is 4.90 Å². The fraction of sp³-hybridized carbons (Fsp3) is 0.500. The van der Waals surface area contributed by atoms with Gasteiger partial charge in [-0.05, 0) is 12.6 Å². The predicted molar refractivity (Wildman–Crippen MR) is 36.0 cm³/mol. The van der Waals surface area contributed by atoms with E-state index in [2.05, 4.69) is 13.5 Å². The zero-order chi connectivity index (χ0) is 6.41. The highest BCUT2D eigenvalue weighted by Crippen LogP contribution is 1.84. The average molecular weight is 112 g/mol. The molecule has 0 bridgehead atoms. The van der Waals surface area contributed by atoms with E-state index in [0.29, 0.717) is 0 Å². The van der Waals surface area contributed by atoms with Crippen molar-refractivity contribution in [1.29, 1.82) is 5.41 Å². The van der Waals surface area contributed by atoms with E-state index in [-0.39, 0.29) is 0 Å². The highest BCUT2D eigenvalue weighted by molar-refractivity contribution is 5.51. The first-order valence-electron chi connectivity index (χ1n) is 2.74. The Morgan fingerprint density at radius 2 is 2.38 bits per heavy atom. The van der Waals surface area contributed by atoms with E-state index in [1.165, 1.54) is 6.34 Å². The first-order chi connectivity index (χ1) is 3.85. The Labute approximate surface area is 50.3 Å². The first-order valence-corrected chi connectivity index (χ1v) is 2.74. The van der Waals surface area contributed by atoms with Crippen molar-refractivity contribution in [2.45, 2.75) is 13.3 Å². The van der Waals surface area contributed by atoms with Crippen molar-refractivity contribution in [3.05, 3.63) is 12.8 Å². The fourth-order valence-corrected chi connectivity index (χ4v) is 0.467. The second-order valence-corrected chi connectivity index (χ2v) is 1.55. The molecule has 0 aliphatic carbocycles. The average Bonchev–Trinajstić information content (AvgIpc) is 1.83. The lowest BCUT2D eigenvalue weighted by atomic mass is 10.4. The van der Waals surface area contributed by atoms with Gasteiger partial charge in [0.2, 0.25) is 0 Å². The van der Waals surface area contributed by atoms with Crippen molar-refractivity contribution in [2.75, 3.05) is 6.54 Å². The summed E-state index contributed by atoms with van der Waals surface area (Å²) in [6.45, 7) is 6.49. The molecule has 0 amide bonds. The lowest BCUT2D eigenvalue weighted by Crippen LogP contribution is -2.13. The van der Waals surface area contributed by atoms with Gasteiger partial charge in [-0.1, -0.05) is 13.5 Å².